The molecule has 0 aromatic carbocycles. The van der Waals surface area contributed by atoms with Crippen molar-refractivity contribution in [2.45, 2.75) is 31.7 Å². The van der Waals surface area contributed by atoms with Gasteiger partial charge < -0.3 is 15.0 Å². The van der Waals surface area contributed by atoms with Gasteiger partial charge in [0.25, 0.3) is 5.91 Å². The first kappa shape index (κ1) is 19.3. The summed E-state index contributed by atoms with van der Waals surface area (Å²) in [5, 5.41) is 4.92. The highest BCUT2D eigenvalue weighted by molar-refractivity contribution is 7.12. The predicted molar refractivity (Wildman–Crippen MR) is 102 cm³/mol. The molecule has 0 aliphatic carbocycles. The second kappa shape index (κ2) is 9.48. The normalized spacial score (nSPS) is 22.3. The topological polar surface area (TPSA) is 61.9 Å². The van der Waals surface area contributed by atoms with Crippen LogP contribution in [0.5, 0.6) is 0 Å². The zero-order valence-electron chi connectivity index (χ0n) is 15.5. The van der Waals surface area contributed by atoms with Crippen molar-refractivity contribution in [1.82, 2.24) is 15.1 Å². The van der Waals surface area contributed by atoms with Gasteiger partial charge in [0.1, 0.15) is 0 Å². The third-order valence-electron chi connectivity index (χ3n) is 5.43. The van der Waals surface area contributed by atoms with E-state index in [4.69, 9.17) is 4.74 Å². The van der Waals surface area contributed by atoms with Gasteiger partial charge in [-0.15, -0.1) is 11.3 Å². The minimum absolute atomic E-state index is 0.0754. The quantitative estimate of drug-likeness (QED) is 0.766. The number of hydrogen-bond acceptors (Lipinski definition) is 5. The Labute approximate surface area is 159 Å². The minimum Gasteiger partial charge on any atom is -0.383 e. The number of carbonyl (C=O) groups excluding carboxylic acids is 2. The number of methoxy groups -OCH3 is 1. The van der Waals surface area contributed by atoms with Gasteiger partial charge in [-0.1, -0.05) is 6.07 Å². The Kier molecular flexibility index (Phi) is 7.05. The standard InChI is InChI=1S/C19H29N3O3S/c1-25-12-8-20-18(23)15-4-2-9-22(14-15)16-6-10-21(11-7-16)19(24)17-5-3-13-26-17/h3,5,13,15-16H,2,4,6-12,14H2,1H3,(H,20,23)/t15-/m0/s1. The molecule has 2 aliphatic rings. The lowest BCUT2D eigenvalue weighted by Gasteiger charge is -2.42. The minimum atomic E-state index is 0.0754. The SMILES string of the molecule is COCCNC(=O)[C@H]1CCCN(C2CCN(C(=O)c3cccs3)CC2)C1. The van der Waals surface area contributed by atoms with Gasteiger partial charge in [0, 0.05) is 39.3 Å². The number of carbonyl (C=O) groups is 2. The summed E-state index contributed by atoms with van der Waals surface area (Å²) >= 11 is 1.51. The highest BCUT2D eigenvalue weighted by atomic mass is 32.1. The molecule has 0 spiro atoms. The maximum atomic E-state index is 12.5. The molecule has 1 atom stereocenters. The van der Waals surface area contributed by atoms with Crippen LogP contribution in [-0.2, 0) is 9.53 Å². The van der Waals surface area contributed by atoms with Crippen molar-refractivity contribution in [1.29, 1.82) is 0 Å². The summed E-state index contributed by atoms with van der Waals surface area (Å²) in [6.45, 7) is 4.65. The molecule has 1 N–H and O–H groups in total. The number of piperidine rings is 2. The summed E-state index contributed by atoms with van der Waals surface area (Å²) in [5.74, 6) is 0.385. The Morgan fingerprint density at radius 3 is 2.77 bits per heavy atom. The van der Waals surface area contributed by atoms with E-state index in [2.05, 4.69) is 10.2 Å². The number of nitrogens with zero attached hydrogens (tertiary/aromatic N) is 2. The Balaban J connectivity index is 1.46. The van der Waals surface area contributed by atoms with Crippen LogP contribution in [0.1, 0.15) is 35.4 Å². The average Bonchev–Trinajstić information content (AvgIpc) is 3.22. The van der Waals surface area contributed by atoms with Crippen LogP contribution in [0.25, 0.3) is 0 Å². The summed E-state index contributed by atoms with van der Waals surface area (Å²) in [6, 6.07) is 4.31. The third-order valence-corrected chi connectivity index (χ3v) is 6.29. The first-order valence-corrected chi connectivity index (χ1v) is 10.4. The molecule has 7 heteroatoms. The summed E-state index contributed by atoms with van der Waals surface area (Å²) in [7, 11) is 1.64. The first-order valence-electron chi connectivity index (χ1n) is 9.52. The number of ether oxygens (including phenoxy) is 1. The number of nitrogens with one attached hydrogen (secondary N) is 1. The molecular formula is C19H29N3O3S. The highest BCUT2D eigenvalue weighted by Crippen LogP contribution is 2.25. The van der Waals surface area contributed by atoms with Crippen LogP contribution < -0.4 is 5.32 Å². The lowest BCUT2D eigenvalue weighted by molar-refractivity contribution is -0.127. The lowest BCUT2D eigenvalue weighted by Crippen LogP contribution is -2.51. The molecule has 2 aliphatic heterocycles. The van der Waals surface area contributed by atoms with Crippen LogP contribution in [0.3, 0.4) is 0 Å². The van der Waals surface area contributed by atoms with E-state index in [-0.39, 0.29) is 17.7 Å². The van der Waals surface area contributed by atoms with Crippen LogP contribution in [0.2, 0.25) is 0 Å². The van der Waals surface area contributed by atoms with Crippen molar-refractivity contribution in [3.05, 3.63) is 22.4 Å². The fourth-order valence-corrected chi connectivity index (χ4v) is 4.65. The van der Waals surface area contributed by atoms with Crippen molar-refractivity contribution in [2.75, 3.05) is 46.4 Å². The lowest BCUT2D eigenvalue weighted by atomic mass is 9.93. The monoisotopic (exact) mass is 379 g/mol. The van der Waals surface area contributed by atoms with Crippen molar-refractivity contribution in [3.63, 3.8) is 0 Å². The maximum absolute atomic E-state index is 12.5. The van der Waals surface area contributed by atoms with Crippen molar-refractivity contribution in [2.24, 2.45) is 5.92 Å². The van der Waals surface area contributed by atoms with Gasteiger partial charge in [-0.25, -0.2) is 0 Å². The highest BCUT2D eigenvalue weighted by Gasteiger charge is 2.32. The van der Waals surface area contributed by atoms with Gasteiger partial charge in [-0.3, -0.25) is 14.5 Å². The maximum Gasteiger partial charge on any atom is 0.263 e. The van der Waals surface area contributed by atoms with Crippen LogP contribution in [0, 0.1) is 5.92 Å². The molecule has 2 amide bonds. The van der Waals surface area contributed by atoms with Gasteiger partial charge in [-0.05, 0) is 43.7 Å². The molecule has 3 rings (SSSR count). The third kappa shape index (κ3) is 4.84. The fourth-order valence-electron chi connectivity index (χ4n) is 3.96. The zero-order valence-corrected chi connectivity index (χ0v) is 16.3. The summed E-state index contributed by atoms with van der Waals surface area (Å²) in [5.41, 5.74) is 0. The van der Waals surface area contributed by atoms with Gasteiger partial charge in [0.2, 0.25) is 5.91 Å². The average molecular weight is 380 g/mol. The zero-order chi connectivity index (χ0) is 18.4. The molecule has 26 heavy (non-hydrogen) atoms. The molecule has 0 saturated carbocycles. The van der Waals surface area contributed by atoms with Crippen molar-refractivity contribution in [3.8, 4) is 0 Å². The molecule has 1 aromatic rings. The molecule has 2 fully saturated rings. The fraction of sp³-hybridized carbons (Fsp3) is 0.684. The second-order valence-electron chi connectivity index (χ2n) is 7.12. The number of likely N-dealkylation sites (tertiary alicyclic amines) is 2. The Bertz CT molecular complexity index is 585. The molecule has 0 radical (unpaired) electrons. The van der Waals surface area contributed by atoms with Gasteiger partial charge >= 0.3 is 0 Å². The van der Waals surface area contributed by atoms with E-state index >= 15 is 0 Å². The van der Waals surface area contributed by atoms with Crippen molar-refractivity contribution < 1.29 is 14.3 Å². The number of amides is 2. The Morgan fingerprint density at radius 2 is 2.08 bits per heavy atom. The molecule has 0 bridgehead atoms. The Hall–Kier alpha value is -1.44. The molecule has 2 saturated heterocycles. The van der Waals surface area contributed by atoms with Crippen molar-refractivity contribution >= 4 is 23.2 Å². The van der Waals surface area contributed by atoms with E-state index in [1.165, 1.54) is 11.3 Å². The van der Waals surface area contributed by atoms with Gasteiger partial charge in [0.15, 0.2) is 0 Å². The second-order valence-corrected chi connectivity index (χ2v) is 8.07. The molecule has 6 nitrogen and oxygen atoms in total. The van der Waals surface area contributed by atoms with Crippen LogP contribution in [-0.4, -0.2) is 74.1 Å². The molecule has 144 valence electrons. The first-order chi connectivity index (χ1) is 12.7. The van der Waals surface area contributed by atoms with Gasteiger partial charge in [0.05, 0.1) is 17.4 Å². The number of rotatable bonds is 6. The summed E-state index contributed by atoms with van der Waals surface area (Å²) in [4.78, 5) is 30.1. The van der Waals surface area contributed by atoms with E-state index in [0.717, 1.165) is 56.7 Å². The predicted octanol–water partition coefficient (Wildman–Crippen LogP) is 1.83. The van der Waals surface area contributed by atoms with Crippen LogP contribution in [0.4, 0.5) is 0 Å². The van der Waals surface area contributed by atoms with E-state index in [9.17, 15) is 9.59 Å². The summed E-state index contributed by atoms with van der Waals surface area (Å²) in [6.07, 6.45) is 4.02. The van der Waals surface area contributed by atoms with E-state index < -0.39 is 0 Å². The van der Waals surface area contributed by atoms with Crippen LogP contribution in [0.15, 0.2) is 17.5 Å². The van der Waals surface area contributed by atoms with E-state index in [0.29, 0.717) is 19.2 Å². The molecule has 3 heterocycles. The van der Waals surface area contributed by atoms with Gasteiger partial charge in [-0.2, -0.15) is 0 Å². The van der Waals surface area contributed by atoms with E-state index in [1.54, 1.807) is 7.11 Å². The number of hydrogen-bond donors (Lipinski definition) is 1. The smallest absolute Gasteiger partial charge is 0.263 e. The Morgan fingerprint density at radius 1 is 1.27 bits per heavy atom. The molecular weight excluding hydrogens is 350 g/mol. The van der Waals surface area contributed by atoms with Crippen LogP contribution >= 0.6 is 11.3 Å². The summed E-state index contributed by atoms with van der Waals surface area (Å²) < 4.78 is 5.00. The molecule has 1 aromatic heterocycles. The number of thiophene rings is 1. The van der Waals surface area contributed by atoms with E-state index in [1.807, 2.05) is 22.4 Å². The molecule has 0 unspecified atom stereocenters. The largest absolute Gasteiger partial charge is 0.383 e.